The van der Waals surface area contributed by atoms with E-state index in [9.17, 15) is 4.79 Å². The summed E-state index contributed by atoms with van der Waals surface area (Å²) in [4.78, 5) is 13.2. The van der Waals surface area contributed by atoms with E-state index in [1.54, 1.807) is 24.3 Å². The van der Waals surface area contributed by atoms with Crippen molar-refractivity contribution in [2.24, 2.45) is 0 Å². The molecule has 3 nitrogen and oxygen atoms in total. The van der Waals surface area contributed by atoms with E-state index in [4.69, 9.17) is 5.53 Å². The van der Waals surface area contributed by atoms with Crippen LogP contribution in [0.2, 0.25) is 0 Å². The second kappa shape index (κ2) is 3.95. The van der Waals surface area contributed by atoms with Crippen LogP contribution in [-0.4, -0.2) is 16.8 Å². The summed E-state index contributed by atoms with van der Waals surface area (Å²) in [5.74, 6) is 0. The van der Waals surface area contributed by atoms with Gasteiger partial charge in [-0.15, -0.1) is 0 Å². The van der Waals surface area contributed by atoms with Crippen molar-refractivity contribution in [2.45, 2.75) is 0 Å². The molecule has 1 aromatic carbocycles. The number of aldehydes is 1. The van der Waals surface area contributed by atoms with E-state index in [0.717, 1.165) is 4.47 Å². The van der Waals surface area contributed by atoms with E-state index in [2.05, 4.69) is 20.7 Å². The number of carbonyl (C=O) groups is 1. The summed E-state index contributed by atoms with van der Waals surface area (Å²) in [6, 6.07) is 6.91. The molecule has 0 amide bonds. The molecule has 0 saturated carbocycles. The number of rotatable bonds is 2. The van der Waals surface area contributed by atoms with Gasteiger partial charge < -0.3 is 5.53 Å². The molecule has 12 heavy (non-hydrogen) atoms. The number of nitrogens with zero attached hydrogens (tertiary/aromatic N) is 2. The van der Waals surface area contributed by atoms with Crippen molar-refractivity contribution in [3.8, 4) is 0 Å². The average Bonchev–Trinajstić information content (AvgIpc) is 2.10. The molecule has 0 aliphatic rings. The molecular weight excluding hydrogens is 220 g/mol. The summed E-state index contributed by atoms with van der Waals surface area (Å²) in [6.45, 7) is 0. The van der Waals surface area contributed by atoms with Crippen LogP contribution >= 0.6 is 15.9 Å². The summed E-state index contributed by atoms with van der Waals surface area (Å²) in [6.07, 6.45) is 0.503. The fourth-order valence-electron chi connectivity index (χ4n) is 0.770. The molecule has 0 N–H and O–H groups in total. The Bertz CT molecular complexity index is 339. The van der Waals surface area contributed by atoms with Gasteiger partial charge in [0.15, 0.2) is 0 Å². The van der Waals surface area contributed by atoms with Gasteiger partial charge in [0.25, 0.3) is 0 Å². The van der Waals surface area contributed by atoms with E-state index in [1.165, 1.54) is 0 Å². The zero-order chi connectivity index (χ0) is 8.97. The summed E-state index contributed by atoms with van der Waals surface area (Å²) in [5.41, 5.74) is 9.02. The van der Waals surface area contributed by atoms with Crippen molar-refractivity contribution in [2.75, 3.05) is 0 Å². The van der Waals surface area contributed by atoms with Gasteiger partial charge in [-0.05, 0) is 24.3 Å². The molecule has 0 heterocycles. The molecule has 1 aromatic rings. The smallest absolute Gasteiger partial charge is 0.361 e. The van der Waals surface area contributed by atoms with Crippen molar-refractivity contribution >= 4 is 27.9 Å². The van der Waals surface area contributed by atoms with Gasteiger partial charge in [-0.25, -0.2) is 0 Å². The fourth-order valence-corrected chi connectivity index (χ4v) is 1.03. The summed E-state index contributed by atoms with van der Waals surface area (Å²) in [7, 11) is 0. The number of hydrogen-bond acceptors (Lipinski definition) is 1. The lowest BCUT2D eigenvalue weighted by atomic mass is 10.1. The van der Waals surface area contributed by atoms with E-state index < -0.39 is 0 Å². The lowest BCUT2D eigenvalue weighted by Gasteiger charge is -1.89. The van der Waals surface area contributed by atoms with E-state index in [-0.39, 0.29) is 5.71 Å². The van der Waals surface area contributed by atoms with Crippen molar-refractivity contribution in [3.63, 3.8) is 0 Å². The predicted molar refractivity (Wildman–Crippen MR) is 47.9 cm³/mol. The molecule has 1 rings (SSSR count). The first-order valence-corrected chi connectivity index (χ1v) is 4.00. The molecule has 0 aliphatic carbocycles. The Morgan fingerprint density at radius 3 is 2.42 bits per heavy atom. The highest BCUT2D eigenvalue weighted by Crippen LogP contribution is 2.09. The molecule has 0 atom stereocenters. The van der Waals surface area contributed by atoms with Crippen LogP contribution in [0, 0.1) is 0 Å². The third kappa shape index (κ3) is 1.87. The molecule has 0 spiro atoms. The normalized spacial score (nSPS) is 8.75. The highest BCUT2D eigenvalue weighted by Gasteiger charge is 2.08. The lowest BCUT2D eigenvalue weighted by Crippen LogP contribution is -2.02. The van der Waals surface area contributed by atoms with Gasteiger partial charge in [0.2, 0.25) is 6.29 Å². The molecule has 0 aromatic heterocycles. The first kappa shape index (κ1) is 8.84. The van der Waals surface area contributed by atoms with Crippen LogP contribution in [0.15, 0.2) is 28.7 Å². The van der Waals surface area contributed by atoms with Gasteiger partial charge in [0, 0.05) is 4.47 Å². The molecule has 0 aliphatic heterocycles. The van der Waals surface area contributed by atoms with Crippen molar-refractivity contribution in [1.82, 2.24) is 0 Å². The fraction of sp³-hybridized carbons (Fsp3) is 0. The van der Waals surface area contributed by atoms with Gasteiger partial charge in [-0.3, -0.25) is 4.79 Å². The minimum atomic E-state index is 0.0301. The molecular formula is C8H5BrN2O. The van der Waals surface area contributed by atoms with Gasteiger partial charge >= 0.3 is 5.71 Å². The van der Waals surface area contributed by atoms with Crippen molar-refractivity contribution in [3.05, 3.63) is 39.8 Å². The highest BCUT2D eigenvalue weighted by molar-refractivity contribution is 9.10. The molecule has 0 fully saturated rings. The molecule has 0 radical (unpaired) electrons. The van der Waals surface area contributed by atoms with Crippen molar-refractivity contribution in [1.29, 1.82) is 0 Å². The van der Waals surface area contributed by atoms with E-state index >= 15 is 0 Å². The lowest BCUT2D eigenvalue weighted by molar-refractivity contribution is -0.106. The van der Waals surface area contributed by atoms with Crippen LogP contribution in [0.4, 0.5) is 0 Å². The summed E-state index contributed by atoms with van der Waals surface area (Å²) < 4.78 is 0.912. The van der Waals surface area contributed by atoms with Gasteiger partial charge in [0.1, 0.15) is 0 Å². The third-order valence-electron chi connectivity index (χ3n) is 1.36. The Balaban J connectivity index is 3.12. The summed E-state index contributed by atoms with van der Waals surface area (Å²) in [5, 5.41) is 0. The first-order chi connectivity index (χ1) is 5.77. The van der Waals surface area contributed by atoms with E-state index in [0.29, 0.717) is 11.8 Å². The van der Waals surface area contributed by atoms with E-state index in [1.807, 2.05) is 0 Å². The molecule has 0 unspecified atom stereocenters. The number of carbonyl (C=O) groups excluding carboxylic acids is 1. The maximum absolute atomic E-state index is 10.3. The van der Waals surface area contributed by atoms with Crippen LogP contribution in [0.3, 0.4) is 0 Å². The molecule has 4 heteroatoms. The average molecular weight is 225 g/mol. The second-order valence-corrected chi connectivity index (χ2v) is 3.03. The Morgan fingerprint density at radius 2 is 2.00 bits per heavy atom. The van der Waals surface area contributed by atoms with Crippen LogP contribution in [0.5, 0.6) is 0 Å². The Labute approximate surface area is 77.8 Å². The second-order valence-electron chi connectivity index (χ2n) is 2.11. The van der Waals surface area contributed by atoms with Crippen LogP contribution in [0.25, 0.3) is 5.53 Å². The SMILES string of the molecule is [N-]=[N+]=C(C=O)c1ccc(Br)cc1. The maximum Gasteiger partial charge on any atom is 0.361 e. The minimum Gasteiger partial charge on any atom is -0.361 e. The van der Waals surface area contributed by atoms with Crippen LogP contribution < -0.4 is 0 Å². The van der Waals surface area contributed by atoms with Gasteiger partial charge in [0.05, 0.1) is 5.56 Å². The zero-order valence-electron chi connectivity index (χ0n) is 6.07. The monoisotopic (exact) mass is 224 g/mol. The quantitative estimate of drug-likeness (QED) is 0.327. The highest BCUT2D eigenvalue weighted by atomic mass is 79.9. The van der Waals surface area contributed by atoms with Crippen molar-refractivity contribution < 1.29 is 9.58 Å². The Morgan fingerprint density at radius 1 is 1.42 bits per heavy atom. The first-order valence-electron chi connectivity index (χ1n) is 3.21. The Kier molecular flexibility index (Phi) is 2.91. The molecule has 0 saturated heterocycles. The maximum atomic E-state index is 10.3. The number of hydrogen-bond donors (Lipinski definition) is 0. The van der Waals surface area contributed by atoms with Crippen LogP contribution in [-0.2, 0) is 4.79 Å². The number of benzene rings is 1. The number of halogens is 1. The van der Waals surface area contributed by atoms with Gasteiger partial charge in [-0.1, -0.05) is 15.9 Å². The van der Waals surface area contributed by atoms with Gasteiger partial charge in [-0.2, -0.15) is 4.79 Å². The largest absolute Gasteiger partial charge is 0.361 e. The summed E-state index contributed by atoms with van der Waals surface area (Å²) >= 11 is 3.25. The topological polar surface area (TPSA) is 53.5 Å². The third-order valence-corrected chi connectivity index (χ3v) is 1.89. The van der Waals surface area contributed by atoms with Crippen LogP contribution in [0.1, 0.15) is 5.56 Å². The Hall–Kier alpha value is -1.25. The predicted octanol–water partition coefficient (Wildman–Crippen LogP) is 1.67. The molecule has 60 valence electrons. The molecule has 0 bridgehead atoms. The zero-order valence-corrected chi connectivity index (χ0v) is 7.65. The standard InChI is InChI=1S/C8H5BrN2O/c9-7-3-1-6(2-4-7)8(5-12)11-10/h1-5H. The minimum absolute atomic E-state index is 0.0301.